The second-order valence-electron chi connectivity index (χ2n) is 6.46. The fraction of sp³-hybridized carbons (Fsp3) is 0.0870. The Morgan fingerprint density at radius 1 is 0.821 bits per heavy atom. The van der Waals surface area contributed by atoms with E-state index in [4.69, 9.17) is 4.42 Å². The van der Waals surface area contributed by atoms with Gasteiger partial charge in [0.2, 0.25) is 5.91 Å². The number of hydrogen-bond acceptors (Lipinski definition) is 4. The molecule has 0 saturated heterocycles. The summed E-state index contributed by atoms with van der Waals surface area (Å²) in [5, 5.41) is 0. The molecule has 5 nitrogen and oxygen atoms in total. The van der Waals surface area contributed by atoms with Gasteiger partial charge in [-0.3, -0.25) is 9.59 Å². The minimum atomic E-state index is -0.739. The van der Waals surface area contributed by atoms with Crippen LogP contribution in [-0.4, -0.2) is 16.3 Å². The summed E-state index contributed by atoms with van der Waals surface area (Å²) in [6, 6.07) is 23.1. The molecule has 0 aliphatic carbocycles. The molecule has 0 amide bonds. The van der Waals surface area contributed by atoms with Crippen molar-refractivity contribution < 1.29 is 14.0 Å². The first-order chi connectivity index (χ1) is 13.6. The summed E-state index contributed by atoms with van der Waals surface area (Å²) >= 11 is 0. The van der Waals surface area contributed by atoms with Crippen molar-refractivity contribution in [2.75, 3.05) is 0 Å². The third-order valence-corrected chi connectivity index (χ3v) is 4.60. The molecule has 0 atom stereocenters. The molecule has 4 rings (SSSR count). The monoisotopic (exact) mass is 371 g/mol. The summed E-state index contributed by atoms with van der Waals surface area (Å²) in [5.74, 6) is -1.25. The standard InChI is InChI=1S/C23H17NO4/c25-21(14-11-16-7-3-1-4-8-16)24-19-13-12-18(15-20(19)28-23(24)27)22(26)17-9-5-2-6-10-17/h1-10,12-13,15H,11,14H2. The molecule has 0 unspecified atom stereocenters. The summed E-state index contributed by atoms with van der Waals surface area (Å²) in [6.07, 6.45) is 0.715. The van der Waals surface area contributed by atoms with Gasteiger partial charge < -0.3 is 4.42 Å². The Bertz CT molecular complexity index is 1200. The smallest absolute Gasteiger partial charge is 0.407 e. The van der Waals surface area contributed by atoms with Gasteiger partial charge in [0.15, 0.2) is 11.4 Å². The molecule has 0 bridgehead atoms. The zero-order valence-corrected chi connectivity index (χ0v) is 15.0. The van der Waals surface area contributed by atoms with Crippen LogP contribution in [0.1, 0.15) is 32.7 Å². The summed E-state index contributed by atoms with van der Waals surface area (Å²) in [4.78, 5) is 37.4. The maximum atomic E-state index is 12.6. The van der Waals surface area contributed by atoms with E-state index in [1.807, 2.05) is 36.4 Å². The van der Waals surface area contributed by atoms with Gasteiger partial charge in [0.05, 0.1) is 5.52 Å². The molecule has 0 spiro atoms. The quantitative estimate of drug-likeness (QED) is 0.495. The Labute approximate surface area is 160 Å². The molecule has 138 valence electrons. The second kappa shape index (κ2) is 7.48. The normalized spacial score (nSPS) is 10.9. The van der Waals surface area contributed by atoms with Crippen molar-refractivity contribution in [3.05, 3.63) is 106 Å². The highest BCUT2D eigenvalue weighted by atomic mass is 16.4. The van der Waals surface area contributed by atoms with Gasteiger partial charge in [-0.05, 0) is 30.2 Å². The molecule has 4 aromatic rings. The van der Waals surface area contributed by atoms with Gasteiger partial charge in [0.25, 0.3) is 0 Å². The minimum Gasteiger partial charge on any atom is -0.407 e. The van der Waals surface area contributed by atoms with Crippen LogP contribution in [0.15, 0.2) is 88.1 Å². The van der Waals surface area contributed by atoms with E-state index in [9.17, 15) is 14.4 Å². The SMILES string of the molecule is O=C(c1ccccc1)c1ccc2c(c1)oc(=O)n2C(=O)CCc1ccccc1. The van der Waals surface area contributed by atoms with Crippen molar-refractivity contribution in [1.29, 1.82) is 0 Å². The minimum absolute atomic E-state index is 0.173. The lowest BCUT2D eigenvalue weighted by molar-refractivity contribution is 0.0899. The number of rotatable bonds is 5. The average molecular weight is 371 g/mol. The van der Waals surface area contributed by atoms with E-state index < -0.39 is 5.76 Å². The van der Waals surface area contributed by atoms with Gasteiger partial charge in [-0.25, -0.2) is 9.36 Å². The number of nitrogens with zero attached hydrogens (tertiary/aromatic N) is 1. The van der Waals surface area contributed by atoms with Gasteiger partial charge in [-0.15, -0.1) is 0 Å². The van der Waals surface area contributed by atoms with Crippen molar-refractivity contribution in [3.8, 4) is 0 Å². The molecular formula is C23H17NO4. The van der Waals surface area contributed by atoms with Crippen LogP contribution in [0, 0.1) is 0 Å². The number of aromatic nitrogens is 1. The van der Waals surface area contributed by atoms with Gasteiger partial charge in [0, 0.05) is 17.5 Å². The number of aryl methyl sites for hydroxylation is 1. The number of hydrogen-bond donors (Lipinski definition) is 0. The van der Waals surface area contributed by atoms with Gasteiger partial charge in [-0.2, -0.15) is 0 Å². The highest BCUT2D eigenvalue weighted by Gasteiger charge is 2.18. The Morgan fingerprint density at radius 2 is 1.50 bits per heavy atom. The zero-order chi connectivity index (χ0) is 19.5. The molecule has 0 saturated carbocycles. The molecule has 0 radical (unpaired) electrons. The third kappa shape index (κ3) is 3.42. The Hall–Kier alpha value is -3.73. The van der Waals surface area contributed by atoms with Crippen molar-refractivity contribution in [3.63, 3.8) is 0 Å². The number of carbonyl (C=O) groups excluding carboxylic acids is 2. The number of benzene rings is 3. The van der Waals surface area contributed by atoms with Gasteiger partial charge in [0.1, 0.15) is 0 Å². The zero-order valence-electron chi connectivity index (χ0n) is 15.0. The van der Waals surface area contributed by atoms with E-state index in [-0.39, 0.29) is 23.7 Å². The van der Waals surface area contributed by atoms with E-state index in [2.05, 4.69) is 0 Å². The van der Waals surface area contributed by atoms with Crippen LogP contribution in [0.3, 0.4) is 0 Å². The Kier molecular flexibility index (Phi) is 4.72. The maximum Gasteiger partial charge on any atom is 0.426 e. The molecule has 0 aliphatic rings. The highest BCUT2D eigenvalue weighted by molar-refractivity contribution is 6.10. The lowest BCUT2D eigenvalue weighted by Gasteiger charge is -2.03. The predicted octanol–water partition coefficient (Wildman–Crippen LogP) is 4.10. The van der Waals surface area contributed by atoms with E-state index in [0.29, 0.717) is 23.1 Å². The summed E-state index contributed by atoms with van der Waals surface area (Å²) in [6.45, 7) is 0. The number of ketones is 1. The van der Waals surface area contributed by atoms with E-state index in [1.54, 1.807) is 36.4 Å². The van der Waals surface area contributed by atoms with E-state index in [1.165, 1.54) is 6.07 Å². The highest BCUT2D eigenvalue weighted by Crippen LogP contribution is 2.18. The van der Waals surface area contributed by atoms with Gasteiger partial charge in [-0.1, -0.05) is 60.7 Å². The predicted molar refractivity (Wildman–Crippen MR) is 106 cm³/mol. The number of carbonyl (C=O) groups is 2. The second-order valence-corrected chi connectivity index (χ2v) is 6.46. The third-order valence-electron chi connectivity index (χ3n) is 4.60. The molecule has 5 heteroatoms. The molecule has 1 heterocycles. The van der Waals surface area contributed by atoms with Crippen LogP contribution in [0.25, 0.3) is 11.1 Å². The van der Waals surface area contributed by atoms with Crippen molar-refractivity contribution in [2.45, 2.75) is 12.8 Å². The first-order valence-electron chi connectivity index (χ1n) is 8.96. The average Bonchev–Trinajstić information content (AvgIpc) is 3.07. The van der Waals surface area contributed by atoms with Crippen LogP contribution in [0.4, 0.5) is 0 Å². The molecule has 1 aromatic heterocycles. The lowest BCUT2D eigenvalue weighted by Crippen LogP contribution is -2.22. The summed E-state index contributed by atoms with van der Waals surface area (Å²) in [5.41, 5.74) is 2.55. The van der Waals surface area contributed by atoms with E-state index >= 15 is 0 Å². The van der Waals surface area contributed by atoms with Crippen LogP contribution in [-0.2, 0) is 6.42 Å². The van der Waals surface area contributed by atoms with Crippen LogP contribution in [0.5, 0.6) is 0 Å². The molecule has 3 aromatic carbocycles. The van der Waals surface area contributed by atoms with Gasteiger partial charge >= 0.3 is 5.76 Å². The van der Waals surface area contributed by atoms with Crippen LogP contribution >= 0.6 is 0 Å². The topological polar surface area (TPSA) is 69.3 Å². The van der Waals surface area contributed by atoms with E-state index in [0.717, 1.165) is 10.1 Å². The van der Waals surface area contributed by atoms with Crippen molar-refractivity contribution >= 4 is 22.8 Å². The Balaban J connectivity index is 1.62. The van der Waals surface area contributed by atoms with Crippen LogP contribution < -0.4 is 5.76 Å². The molecule has 0 fully saturated rings. The molecule has 28 heavy (non-hydrogen) atoms. The largest absolute Gasteiger partial charge is 0.426 e. The molecule has 0 aliphatic heterocycles. The fourth-order valence-corrected chi connectivity index (χ4v) is 3.16. The number of fused-ring (bicyclic) bond motifs is 1. The number of oxazole rings is 1. The van der Waals surface area contributed by atoms with Crippen LogP contribution in [0.2, 0.25) is 0 Å². The summed E-state index contributed by atoms with van der Waals surface area (Å²) < 4.78 is 6.27. The first kappa shape index (κ1) is 17.7. The fourth-order valence-electron chi connectivity index (χ4n) is 3.16. The lowest BCUT2D eigenvalue weighted by atomic mass is 10.0. The first-order valence-corrected chi connectivity index (χ1v) is 8.96. The molecular weight excluding hydrogens is 354 g/mol. The van der Waals surface area contributed by atoms with Crippen molar-refractivity contribution in [2.24, 2.45) is 0 Å². The summed E-state index contributed by atoms with van der Waals surface area (Å²) in [7, 11) is 0. The van der Waals surface area contributed by atoms with Crippen molar-refractivity contribution in [1.82, 2.24) is 4.57 Å². The Morgan fingerprint density at radius 3 is 2.21 bits per heavy atom. The molecule has 0 N–H and O–H groups in total. The maximum absolute atomic E-state index is 12.6.